The first-order chi connectivity index (χ1) is 8.04. The van der Waals surface area contributed by atoms with E-state index in [2.05, 4.69) is 5.32 Å². The van der Waals surface area contributed by atoms with Crippen molar-refractivity contribution in [2.45, 2.75) is 32.3 Å². The number of carbonyl (C=O) groups excluding carboxylic acids is 1. The molecule has 1 atom stereocenters. The molecule has 2 amide bonds. The van der Waals surface area contributed by atoms with Crippen molar-refractivity contribution in [1.82, 2.24) is 10.2 Å². The van der Waals surface area contributed by atoms with Gasteiger partial charge in [-0.2, -0.15) is 0 Å². The molecule has 1 unspecified atom stereocenters. The van der Waals surface area contributed by atoms with Gasteiger partial charge in [0.25, 0.3) is 0 Å². The molecule has 0 aromatic heterocycles. The van der Waals surface area contributed by atoms with Crippen molar-refractivity contribution in [3.8, 4) is 0 Å². The van der Waals surface area contributed by atoms with Gasteiger partial charge in [-0.15, -0.1) is 0 Å². The van der Waals surface area contributed by atoms with E-state index in [0.29, 0.717) is 32.4 Å². The summed E-state index contributed by atoms with van der Waals surface area (Å²) in [4.78, 5) is 24.1. The van der Waals surface area contributed by atoms with Gasteiger partial charge < -0.3 is 20.4 Å². The fourth-order valence-electron chi connectivity index (χ4n) is 1.80. The highest BCUT2D eigenvalue weighted by Gasteiger charge is 2.22. The summed E-state index contributed by atoms with van der Waals surface area (Å²) in [6, 6.07) is -0.239. The standard InChI is InChI=1S/C11H20N2O4/c1-2-8(10(15)16)7-12-11(17)13-5-3-9(14)4-6-13/h8-9,14H,2-7H2,1H3,(H,12,17)(H,15,16). The van der Waals surface area contributed by atoms with E-state index in [-0.39, 0.29) is 18.7 Å². The van der Waals surface area contributed by atoms with Crippen LogP contribution in [0.1, 0.15) is 26.2 Å². The molecule has 0 aliphatic carbocycles. The molecule has 6 nitrogen and oxygen atoms in total. The number of piperidine rings is 1. The summed E-state index contributed by atoms with van der Waals surface area (Å²) in [6.07, 6.45) is 1.35. The number of aliphatic hydroxyl groups is 1. The third-order valence-electron chi connectivity index (χ3n) is 3.09. The van der Waals surface area contributed by atoms with Crippen LogP contribution in [0.25, 0.3) is 0 Å². The molecule has 1 aliphatic heterocycles. The Morgan fingerprint density at radius 3 is 2.47 bits per heavy atom. The summed E-state index contributed by atoms with van der Waals surface area (Å²) >= 11 is 0. The largest absolute Gasteiger partial charge is 0.481 e. The second kappa shape index (κ2) is 6.44. The smallest absolute Gasteiger partial charge is 0.317 e. The lowest BCUT2D eigenvalue weighted by atomic mass is 10.1. The number of amides is 2. The first kappa shape index (κ1) is 13.8. The number of nitrogens with zero attached hydrogens (tertiary/aromatic N) is 1. The quantitative estimate of drug-likeness (QED) is 0.662. The predicted molar refractivity (Wildman–Crippen MR) is 61.6 cm³/mol. The van der Waals surface area contributed by atoms with Gasteiger partial charge in [0.05, 0.1) is 12.0 Å². The van der Waals surface area contributed by atoms with E-state index < -0.39 is 11.9 Å². The minimum absolute atomic E-state index is 0.156. The number of hydrogen-bond acceptors (Lipinski definition) is 3. The van der Waals surface area contributed by atoms with Gasteiger partial charge >= 0.3 is 12.0 Å². The average molecular weight is 244 g/mol. The molecule has 17 heavy (non-hydrogen) atoms. The zero-order chi connectivity index (χ0) is 12.8. The number of rotatable bonds is 4. The minimum Gasteiger partial charge on any atom is -0.481 e. The summed E-state index contributed by atoms with van der Waals surface area (Å²) in [5.74, 6) is -1.42. The van der Waals surface area contributed by atoms with E-state index in [1.54, 1.807) is 11.8 Å². The molecule has 0 bridgehead atoms. The Balaban J connectivity index is 2.31. The van der Waals surface area contributed by atoms with Gasteiger partial charge in [0.2, 0.25) is 0 Å². The third kappa shape index (κ3) is 4.22. The van der Waals surface area contributed by atoms with Crippen LogP contribution < -0.4 is 5.32 Å². The van der Waals surface area contributed by atoms with Crippen LogP contribution in [-0.4, -0.2) is 52.9 Å². The highest BCUT2D eigenvalue weighted by molar-refractivity contribution is 5.76. The van der Waals surface area contributed by atoms with Crippen molar-refractivity contribution in [2.75, 3.05) is 19.6 Å². The van der Waals surface area contributed by atoms with E-state index in [4.69, 9.17) is 5.11 Å². The maximum atomic E-state index is 11.7. The Morgan fingerprint density at radius 2 is 2.00 bits per heavy atom. The highest BCUT2D eigenvalue weighted by Crippen LogP contribution is 2.10. The summed E-state index contributed by atoms with van der Waals surface area (Å²) in [6.45, 7) is 2.99. The van der Waals surface area contributed by atoms with E-state index in [9.17, 15) is 14.7 Å². The molecule has 1 rings (SSSR count). The fraction of sp³-hybridized carbons (Fsp3) is 0.818. The Labute approximate surface area is 101 Å². The molecule has 0 aromatic carbocycles. The van der Waals surface area contributed by atoms with Crippen molar-refractivity contribution >= 4 is 12.0 Å². The van der Waals surface area contributed by atoms with Gasteiger partial charge in [-0.3, -0.25) is 4.79 Å². The van der Waals surface area contributed by atoms with Gasteiger partial charge in [0.1, 0.15) is 0 Å². The predicted octanol–water partition coefficient (Wildman–Crippen LogP) is 0.263. The van der Waals surface area contributed by atoms with Crippen LogP contribution in [0.15, 0.2) is 0 Å². The van der Waals surface area contributed by atoms with Gasteiger partial charge in [0, 0.05) is 19.6 Å². The van der Waals surface area contributed by atoms with Crippen LogP contribution in [0.2, 0.25) is 0 Å². The molecule has 0 radical (unpaired) electrons. The molecule has 1 heterocycles. The van der Waals surface area contributed by atoms with Crippen molar-refractivity contribution < 1.29 is 19.8 Å². The highest BCUT2D eigenvalue weighted by atomic mass is 16.4. The molecule has 1 fully saturated rings. The summed E-state index contributed by atoms with van der Waals surface area (Å²) in [7, 11) is 0. The number of carbonyl (C=O) groups is 2. The topological polar surface area (TPSA) is 89.9 Å². The normalized spacial score (nSPS) is 18.8. The van der Waals surface area contributed by atoms with Crippen LogP contribution in [0.5, 0.6) is 0 Å². The van der Waals surface area contributed by atoms with Crippen molar-refractivity contribution in [1.29, 1.82) is 0 Å². The first-order valence-electron chi connectivity index (χ1n) is 5.98. The van der Waals surface area contributed by atoms with Crippen molar-refractivity contribution in [2.24, 2.45) is 5.92 Å². The number of hydrogen-bond donors (Lipinski definition) is 3. The lowest BCUT2D eigenvalue weighted by Crippen LogP contribution is -2.47. The van der Waals surface area contributed by atoms with Crippen LogP contribution >= 0.6 is 0 Å². The Hall–Kier alpha value is -1.30. The van der Waals surface area contributed by atoms with Crippen LogP contribution in [0.4, 0.5) is 4.79 Å². The summed E-state index contributed by atoms with van der Waals surface area (Å²) < 4.78 is 0. The van der Waals surface area contributed by atoms with Crippen LogP contribution in [-0.2, 0) is 4.79 Å². The molecular weight excluding hydrogens is 224 g/mol. The fourth-order valence-corrected chi connectivity index (χ4v) is 1.80. The second-order valence-electron chi connectivity index (χ2n) is 4.35. The van der Waals surface area contributed by atoms with Gasteiger partial charge in [0.15, 0.2) is 0 Å². The number of carboxylic acid groups (broad SMARTS) is 1. The van der Waals surface area contributed by atoms with E-state index in [0.717, 1.165) is 0 Å². The molecule has 0 spiro atoms. The first-order valence-corrected chi connectivity index (χ1v) is 5.98. The molecular formula is C11H20N2O4. The number of aliphatic hydroxyl groups excluding tert-OH is 1. The van der Waals surface area contributed by atoms with E-state index in [1.165, 1.54) is 0 Å². The molecule has 6 heteroatoms. The zero-order valence-corrected chi connectivity index (χ0v) is 10.1. The van der Waals surface area contributed by atoms with Crippen molar-refractivity contribution in [3.63, 3.8) is 0 Å². The van der Waals surface area contributed by atoms with Gasteiger partial charge in [-0.1, -0.05) is 6.92 Å². The molecule has 0 aromatic rings. The lowest BCUT2D eigenvalue weighted by Gasteiger charge is -2.30. The van der Waals surface area contributed by atoms with E-state index >= 15 is 0 Å². The Kier molecular flexibility index (Phi) is 5.21. The second-order valence-corrected chi connectivity index (χ2v) is 4.35. The number of likely N-dealkylation sites (tertiary alicyclic amines) is 1. The summed E-state index contributed by atoms with van der Waals surface area (Å²) in [5.41, 5.74) is 0. The average Bonchev–Trinajstić information content (AvgIpc) is 2.30. The van der Waals surface area contributed by atoms with Crippen LogP contribution in [0, 0.1) is 5.92 Å². The Morgan fingerprint density at radius 1 is 1.41 bits per heavy atom. The maximum absolute atomic E-state index is 11.7. The van der Waals surface area contributed by atoms with Gasteiger partial charge in [-0.05, 0) is 19.3 Å². The molecule has 1 saturated heterocycles. The molecule has 0 saturated carbocycles. The number of carboxylic acids is 1. The number of nitrogens with one attached hydrogen (secondary N) is 1. The number of urea groups is 1. The van der Waals surface area contributed by atoms with E-state index in [1.807, 2.05) is 0 Å². The molecule has 1 aliphatic rings. The minimum atomic E-state index is -0.887. The molecule has 98 valence electrons. The SMILES string of the molecule is CCC(CNC(=O)N1CCC(O)CC1)C(=O)O. The van der Waals surface area contributed by atoms with Crippen LogP contribution in [0.3, 0.4) is 0 Å². The Bertz CT molecular complexity index is 275. The monoisotopic (exact) mass is 244 g/mol. The maximum Gasteiger partial charge on any atom is 0.317 e. The van der Waals surface area contributed by atoms with Crippen molar-refractivity contribution in [3.05, 3.63) is 0 Å². The summed E-state index contributed by atoms with van der Waals surface area (Å²) in [5, 5.41) is 20.8. The molecule has 3 N–H and O–H groups in total. The van der Waals surface area contributed by atoms with Gasteiger partial charge in [-0.25, -0.2) is 4.79 Å². The lowest BCUT2D eigenvalue weighted by molar-refractivity contribution is -0.141. The zero-order valence-electron chi connectivity index (χ0n) is 10.1. The third-order valence-corrected chi connectivity index (χ3v) is 3.09. The number of aliphatic carboxylic acids is 1.